The molecule has 5 rings (SSSR count). The third kappa shape index (κ3) is 3.81. The first-order valence-corrected chi connectivity index (χ1v) is 10.9. The Hall–Kier alpha value is -3.42. The second-order valence-corrected chi connectivity index (χ2v) is 8.40. The van der Waals surface area contributed by atoms with Gasteiger partial charge in [-0.25, -0.2) is 0 Å². The van der Waals surface area contributed by atoms with Crippen molar-refractivity contribution in [3.8, 4) is 22.9 Å². The van der Waals surface area contributed by atoms with Gasteiger partial charge >= 0.3 is 0 Å². The molecule has 2 fully saturated rings. The summed E-state index contributed by atoms with van der Waals surface area (Å²) < 4.78 is 16.4. The van der Waals surface area contributed by atoms with Gasteiger partial charge in [-0.1, -0.05) is 5.16 Å². The minimum absolute atomic E-state index is 0.130. The van der Waals surface area contributed by atoms with Crippen molar-refractivity contribution in [1.82, 2.24) is 20.0 Å². The highest BCUT2D eigenvalue weighted by atomic mass is 16.5. The number of pyridine rings is 1. The van der Waals surface area contributed by atoms with Crippen LogP contribution in [0.4, 0.5) is 0 Å². The van der Waals surface area contributed by atoms with E-state index >= 15 is 0 Å². The zero-order valence-electron chi connectivity index (χ0n) is 18.2. The number of methoxy groups -OCH3 is 2. The molecule has 0 spiro atoms. The highest BCUT2D eigenvalue weighted by Gasteiger charge is 2.45. The Morgan fingerprint density at radius 1 is 1.09 bits per heavy atom. The number of benzene rings is 1. The quantitative estimate of drug-likeness (QED) is 0.585. The summed E-state index contributed by atoms with van der Waals surface area (Å²) in [6.45, 7) is 0. The molecule has 0 radical (unpaired) electrons. The van der Waals surface area contributed by atoms with Crippen molar-refractivity contribution < 1.29 is 18.8 Å². The van der Waals surface area contributed by atoms with Crippen LogP contribution in [0.15, 0.2) is 47.2 Å². The molecule has 1 aromatic carbocycles. The first-order chi connectivity index (χ1) is 15.7. The van der Waals surface area contributed by atoms with E-state index in [0.29, 0.717) is 23.9 Å². The maximum absolute atomic E-state index is 13.3. The van der Waals surface area contributed by atoms with E-state index < -0.39 is 0 Å². The van der Waals surface area contributed by atoms with Gasteiger partial charge in [-0.2, -0.15) is 4.98 Å². The van der Waals surface area contributed by atoms with Crippen molar-refractivity contribution in [3.05, 3.63) is 54.2 Å². The van der Waals surface area contributed by atoms with Crippen molar-refractivity contribution in [3.63, 3.8) is 0 Å². The van der Waals surface area contributed by atoms with Gasteiger partial charge in [0.15, 0.2) is 0 Å². The average Bonchev–Trinajstić information content (AvgIpc) is 3.42. The number of aromatic nitrogens is 3. The predicted molar refractivity (Wildman–Crippen MR) is 116 cm³/mol. The Bertz CT molecular complexity index is 1090. The summed E-state index contributed by atoms with van der Waals surface area (Å²) in [6, 6.07) is 9.69. The lowest BCUT2D eigenvalue weighted by molar-refractivity contribution is -0.135. The van der Waals surface area contributed by atoms with Crippen molar-refractivity contribution in [2.75, 3.05) is 14.2 Å². The molecule has 2 atom stereocenters. The van der Waals surface area contributed by atoms with Crippen LogP contribution in [0.3, 0.4) is 0 Å². The minimum Gasteiger partial charge on any atom is -0.497 e. The lowest BCUT2D eigenvalue weighted by atomic mass is 9.90. The molecule has 32 heavy (non-hydrogen) atoms. The molecule has 1 amide bonds. The number of hydrogen-bond acceptors (Lipinski definition) is 7. The number of hydrogen-bond donors (Lipinski definition) is 0. The maximum atomic E-state index is 13.3. The summed E-state index contributed by atoms with van der Waals surface area (Å²) in [5.41, 5.74) is 1.73. The molecule has 3 aromatic rings. The van der Waals surface area contributed by atoms with Gasteiger partial charge in [-0.3, -0.25) is 9.78 Å². The second-order valence-electron chi connectivity index (χ2n) is 8.40. The van der Waals surface area contributed by atoms with Gasteiger partial charge in [-0.05, 0) is 56.0 Å². The summed E-state index contributed by atoms with van der Waals surface area (Å²) in [7, 11) is 3.24. The molecule has 166 valence electrons. The smallest absolute Gasteiger partial charge is 0.230 e. The fourth-order valence-electron chi connectivity index (χ4n) is 5.08. The molecule has 8 nitrogen and oxygen atoms in total. The van der Waals surface area contributed by atoms with Crippen LogP contribution < -0.4 is 9.47 Å². The predicted octanol–water partition coefficient (Wildman–Crippen LogP) is 3.63. The second kappa shape index (κ2) is 8.61. The zero-order valence-corrected chi connectivity index (χ0v) is 18.2. The molecule has 0 N–H and O–H groups in total. The third-order valence-corrected chi connectivity index (χ3v) is 6.58. The van der Waals surface area contributed by atoms with Gasteiger partial charge in [0.25, 0.3) is 0 Å². The number of ether oxygens (including phenoxy) is 2. The molecule has 2 aliphatic heterocycles. The molecule has 2 saturated heterocycles. The fraction of sp³-hybridized carbons (Fsp3) is 0.417. The van der Waals surface area contributed by atoms with Crippen LogP contribution in [-0.4, -0.2) is 52.2 Å². The highest BCUT2D eigenvalue weighted by molar-refractivity contribution is 5.81. The molecule has 2 unspecified atom stereocenters. The molecular weight excluding hydrogens is 408 g/mol. The SMILES string of the molecule is COc1ccc(OC)c(CC(=O)N2C3CCC2CC(c2nc(-c4ccncc4)no2)C3)c1. The van der Waals surface area contributed by atoms with E-state index in [4.69, 9.17) is 14.0 Å². The molecule has 2 aromatic heterocycles. The zero-order chi connectivity index (χ0) is 22.1. The Morgan fingerprint density at radius 2 is 1.84 bits per heavy atom. The van der Waals surface area contributed by atoms with E-state index in [1.807, 2.05) is 30.3 Å². The van der Waals surface area contributed by atoms with E-state index in [-0.39, 0.29) is 23.9 Å². The van der Waals surface area contributed by atoms with Crippen LogP contribution in [0.5, 0.6) is 11.5 Å². The molecule has 8 heteroatoms. The molecule has 2 aliphatic rings. The van der Waals surface area contributed by atoms with Gasteiger partial charge < -0.3 is 18.9 Å². The maximum Gasteiger partial charge on any atom is 0.230 e. The van der Waals surface area contributed by atoms with E-state index in [1.54, 1.807) is 26.6 Å². The van der Waals surface area contributed by atoms with E-state index in [9.17, 15) is 4.79 Å². The molecule has 4 heterocycles. The summed E-state index contributed by atoms with van der Waals surface area (Å²) >= 11 is 0. The number of carbonyl (C=O) groups is 1. The summed E-state index contributed by atoms with van der Waals surface area (Å²) in [5.74, 6) is 2.97. The van der Waals surface area contributed by atoms with Gasteiger partial charge in [0.2, 0.25) is 17.6 Å². The van der Waals surface area contributed by atoms with Crippen molar-refractivity contribution in [1.29, 1.82) is 0 Å². The van der Waals surface area contributed by atoms with E-state index in [0.717, 1.165) is 42.6 Å². The largest absolute Gasteiger partial charge is 0.497 e. The highest BCUT2D eigenvalue weighted by Crippen LogP contribution is 2.43. The monoisotopic (exact) mass is 434 g/mol. The lowest BCUT2D eigenvalue weighted by Crippen LogP contribution is -2.46. The standard InChI is InChI=1S/C24H26N4O4/c1-30-20-5-6-21(31-2)16(13-20)14-22(29)28-18-3-4-19(28)12-17(11-18)24-26-23(27-32-24)15-7-9-25-10-8-15/h5-10,13,17-19H,3-4,11-12,14H2,1-2H3. The number of rotatable bonds is 6. The fourth-order valence-corrected chi connectivity index (χ4v) is 5.08. The Balaban J connectivity index is 1.30. The molecule has 2 bridgehead atoms. The van der Waals surface area contributed by atoms with Crippen LogP contribution >= 0.6 is 0 Å². The van der Waals surface area contributed by atoms with Gasteiger partial charge in [0.1, 0.15) is 11.5 Å². The Labute approximate surface area is 186 Å². The number of nitrogens with zero attached hydrogens (tertiary/aromatic N) is 4. The number of piperidine rings is 1. The topological polar surface area (TPSA) is 90.6 Å². The molecule has 0 aliphatic carbocycles. The van der Waals surface area contributed by atoms with E-state index in [2.05, 4.69) is 20.0 Å². The van der Waals surface area contributed by atoms with Crippen LogP contribution in [-0.2, 0) is 11.2 Å². The summed E-state index contributed by atoms with van der Waals surface area (Å²) in [4.78, 5) is 24.1. The summed E-state index contributed by atoms with van der Waals surface area (Å²) in [6.07, 6.45) is 7.43. The van der Waals surface area contributed by atoms with Crippen molar-refractivity contribution in [2.45, 2.75) is 50.1 Å². The van der Waals surface area contributed by atoms with Gasteiger partial charge in [0, 0.05) is 41.5 Å². The molecule has 0 saturated carbocycles. The lowest BCUT2D eigenvalue weighted by Gasteiger charge is -2.38. The van der Waals surface area contributed by atoms with Crippen LogP contribution in [0, 0.1) is 0 Å². The third-order valence-electron chi connectivity index (χ3n) is 6.58. The minimum atomic E-state index is 0.130. The number of carbonyl (C=O) groups excluding carboxylic acids is 1. The van der Waals surface area contributed by atoms with Crippen molar-refractivity contribution >= 4 is 5.91 Å². The normalized spacial score (nSPS) is 22.1. The number of fused-ring (bicyclic) bond motifs is 2. The van der Waals surface area contributed by atoms with E-state index in [1.165, 1.54) is 0 Å². The Morgan fingerprint density at radius 3 is 2.53 bits per heavy atom. The first-order valence-electron chi connectivity index (χ1n) is 10.9. The van der Waals surface area contributed by atoms with Crippen LogP contribution in [0.25, 0.3) is 11.4 Å². The summed E-state index contributed by atoms with van der Waals surface area (Å²) in [5, 5.41) is 4.16. The van der Waals surface area contributed by atoms with Crippen LogP contribution in [0.2, 0.25) is 0 Å². The Kier molecular flexibility index (Phi) is 5.51. The molecular formula is C24H26N4O4. The van der Waals surface area contributed by atoms with Crippen LogP contribution in [0.1, 0.15) is 43.1 Å². The number of amides is 1. The van der Waals surface area contributed by atoms with Gasteiger partial charge in [-0.15, -0.1) is 0 Å². The average molecular weight is 434 g/mol. The van der Waals surface area contributed by atoms with Gasteiger partial charge in [0.05, 0.1) is 20.6 Å². The van der Waals surface area contributed by atoms with Crippen molar-refractivity contribution in [2.24, 2.45) is 0 Å². The first kappa shape index (κ1) is 20.5.